The van der Waals surface area contributed by atoms with Crippen molar-refractivity contribution in [1.29, 1.82) is 0 Å². The normalized spacial score (nSPS) is 9.94. The van der Waals surface area contributed by atoms with E-state index < -0.39 is 0 Å². The molecule has 0 fully saturated rings. The number of rotatable bonds is 3. The lowest BCUT2D eigenvalue weighted by molar-refractivity contribution is 1.47. The average molecular weight is 220 g/mol. The summed E-state index contributed by atoms with van der Waals surface area (Å²) in [6.07, 6.45) is 3.73. The van der Waals surface area contributed by atoms with Crippen molar-refractivity contribution in [2.45, 2.75) is 6.92 Å². The van der Waals surface area contributed by atoms with Gasteiger partial charge in [-0.3, -0.25) is 0 Å². The smallest absolute Gasteiger partial charge is 0.0178 e. The van der Waals surface area contributed by atoms with Crippen LogP contribution in [0.2, 0.25) is 0 Å². The van der Waals surface area contributed by atoms with Gasteiger partial charge < -0.3 is 0 Å². The number of hydrogen-bond donors (Lipinski definition) is 0. The highest BCUT2D eigenvalue weighted by Gasteiger charge is 2.00. The van der Waals surface area contributed by atoms with Gasteiger partial charge in [-0.15, -0.1) is 0 Å². The zero-order valence-electron chi connectivity index (χ0n) is 10.1. The lowest BCUT2D eigenvalue weighted by atomic mass is 9.98. The lowest BCUT2D eigenvalue weighted by Crippen LogP contribution is -1.84. The predicted molar refractivity (Wildman–Crippen MR) is 76.8 cm³/mol. The first-order valence-electron chi connectivity index (χ1n) is 5.70. The molecule has 17 heavy (non-hydrogen) atoms. The Morgan fingerprint density at radius 1 is 0.765 bits per heavy atom. The molecule has 0 unspecified atom stereocenters. The van der Waals surface area contributed by atoms with Gasteiger partial charge in [0.25, 0.3) is 0 Å². The molecule has 0 amide bonds. The van der Waals surface area contributed by atoms with Gasteiger partial charge in [0.2, 0.25) is 0 Å². The third kappa shape index (κ3) is 2.36. The standard InChI is InChI=1S/C17H16/c1-4-14-10-11-17(12-15(14)5-2)16-8-6-13(3)7-9-16/h4-12H,1-2H2,3H3. The molecular weight excluding hydrogens is 204 g/mol. The van der Waals surface area contributed by atoms with Gasteiger partial charge in [-0.1, -0.05) is 67.3 Å². The summed E-state index contributed by atoms with van der Waals surface area (Å²) in [7, 11) is 0. The van der Waals surface area contributed by atoms with Crippen molar-refractivity contribution in [3.8, 4) is 11.1 Å². The van der Waals surface area contributed by atoms with Crippen LogP contribution in [0.25, 0.3) is 23.3 Å². The maximum atomic E-state index is 3.84. The Hall–Kier alpha value is -2.08. The molecule has 0 saturated heterocycles. The van der Waals surface area contributed by atoms with Gasteiger partial charge in [-0.25, -0.2) is 0 Å². The number of benzene rings is 2. The van der Waals surface area contributed by atoms with Crippen molar-refractivity contribution in [1.82, 2.24) is 0 Å². The Balaban J connectivity index is 2.49. The van der Waals surface area contributed by atoms with E-state index in [2.05, 4.69) is 62.5 Å². The highest BCUT2D eigenvalue weighted by Crippen LogP contribution is 2.24. The van der Waals surface area contributed by atoms with Crippen LogP contribution in [0.15, 0.2) is 55.6 Å². The Morgan fingerprint density at radius 2 is 1.35 bits per heavy atom. The van der Waals surface area contributed by atoms with E-state index in [1.54, 1.807) is 0 Å². The van der Waals surface area contributed by atoms with Crippen LogP contribution in [0, 0.1) is 6.92 Å². The molecule has 0 N–H and O–H groups in total. The van der Waals surface area contributed by atoms with Gasteiger partial charge in [-0.05, 0) is 35.2 Å². The van der Waals surface area contributed by atoms with E-state index in [0.717, 1.165) is 11.1 Å². The zero-order valence-corrected chi connectivity index (χ0v) is 10.1. The van der Waals surface area contributed by atoms with Crippen molar-refractivity contribution < 1.29 is 0 Å². The van der Waals surface area contributed by atoms with E-state index in [4.69, 9.17) is 0 Å². The Bertz CT molecular complexity index is 545. The summed E-state index contributed by atoms with van der Waals surface area (Å²) in [5.74, 6) is 0. The predicted octanol–water partition coefficient (Wildman–Crippen LogP) is 4.95. The first-order chi connectivity index (χ1) is 8.24. The third-order valence-electron chi connectivity index (χ3n) is 2.91. The maximum Gasteiger partial charge on any atom is -0.0178 e. The summed E-state index contributed by atoms with van der Waals surface area (Å²) in [6, 6.07) is 14.9. The van der Waals surface area contributed by atoms with Crippen LogP contribution in [0.3, 0.4) is 0 Å². The van der Waals surface area contributed by atoms with Crippen molar-refractivity contribution >= 4 is 12.2 Å². The minimum absolute atomic E-state index is 1.12. The zero-order chi connectivity index (χ0) is 12.3. The SMILES string of the molecule is C=Cc1ccc(-c2ccc(C)cc2)cc1C=C. The molecular formula is C17H16. The molecule has 0 heteroatoms. The summed E-state index contributed by atoms with van der Waals surface area (Å²) < 4.78 is 0. The Labute approximate surface area is 103 Å². The molecule has 2 aromatic carbocycles. The first kappa shape index (κ1) is 11.4. The minimum atomic E-state index is 1.12. The summed E-state index contributed by atoms with van der Waals surface area (Å²) in [4.78, 5) is 0. The molecule has 0 aromatic heterocycles. The molecule has 0 aliphatic rings. The third-order valence-corrected chi connectivity index (χ3v) is 2.91. The molecule has 0 aliphatic heterocycles. The molecule has 0 radical (unpaired) electrons. The van der Waals surface area contributed by atoms with Crippen molar-refractivity contribution in [2.24, 2.45) is 0 Å². The average Bonchev–Trinajstić information content (AvgIpc) is 2.39. The minimum Gasteiger partial charge on any atom is -0.0984 e. The molecule has 0 bridgehead atoms. The van der Waals surface area contributed by atoms with E-state index in [-0.39, 0.29) is 0 Å². The summed E-state index contributed by atoms with van der Waals surface area (Å²) >= 11 is 0. The Morgan fingerprint density at radius 3 is 1.94 bits per heavy atom. The number of aryl methyl sites for hydroxylation is 1. The molecule has 0 atom stereocenters. The van der Waals surface area contributed by atoms with Crippen molar-refractivity contribution in [3.63, 3.8) is 0 Å². The fourth-order valence-electron chi connectivity index (χ4n) is 1.86. The van der Waals surface area contributed by atoms with E-state index in [0.29, 0.717) is 0 Å². The van der Waals surface area contributed by atoms with E-state index in [1.807, 2.05) is 12.2 Å². The molecule has 0 spiro atoms. The highest BCUT2D eigenvalue weighted by molar-refractivity contribution is 5.72. The first-order valence-corrected chi connectivity index (χ1v) is 5.70. The monoisotopic (exact) mass is 220 g/mol. The van der Waals surface area contributed by atoms with Crippen LogP contribution in [0.5, 0.6) is 0 Å². The van der Waals surface area contributed by atoms with Crippen LogP contribution >= 0.6 is 0 Å². The highest BCUT2D eigenvalue weighted by atomic mass is 14.1. The second-order valence-corrected chi connectivity index (χ2v) is 4.12. The fraction of sp³-hybridized carbons (Fsp3) is 0.0588. The van der Waals surface area contributed by atoms with Gasteiger partial charge in [0.05, 0.1) is 0 Å². The van der Waals surface area contributed by atoms with Crippen LogP contribution in [0.4, 0.5) is 0 Å². The van der Waals surface area contributed by atoms with E-state index in [1.165, 1.54) is 16.7 Å². The second kappa shape index (κ2) is 4.84. The molecule has 0 nitrogen and oxygen atoms in total. The summed E-state index contributed by atoms with van der Waals surface area (Å²) in [6.45, 7) is 9.74. The second-order valence-electron chi connectivity index (χ2n) is 4.12. The van der Waals surface area contributed by atoms with E-state index >= 15 is 0 Å². The topological polar surface area (TPSA) is 0 Å². The van der Waals surface area contributed by atoms with Crippen LogP contribution < -0.4 is 0 Å². The van der Waals surface area contributed by atoms with Gasteiger partial charge in [0.15, 0.2) is 0 Å². The molecule has 0 aliphatic carbocycles. The Kier molecular flexibility index (Phi) is 3.24. The van der Waals surface area contributed by atoms with Crippen LogP contribution in [0.1, 0.15) is 16.7 Å². The van der Waals surface area contributed by atoms with Gasteiger partial charge in [0, 0.05) is 0 Å². The fourth-order valence-corrected chi connectivity index (χ4v) is 1.86. The molecule has 2 aromatic rings. The maximum absolute atomic E-state index is 3.84. The molecule has 2 rings (SSSR count). The van der Waals surface area contributed by atoms with Crippen molar-refractivity contribution in [3.05, 3.63) is 72.3 Å². The van der Waals surface area contributed by atoms with Gasteiger partial charge >= 0.3 is 0 Å². The quantitative estimate of drug-likeness (QED) is 0.686. The summed E-state index contributed by atoms with van der Waals surface area (Å²) in [5, 5.41) is 0. The summed E-state index contributed by atoms with van der Waals surface area (Å²) in [5.41, 5.74) is 5.97. The van der Waals surface area contributed by atoms with Gasteiger partial charge in [-0.2, -0.15) is 0 Å². The molecule has 0 saturated carbocycles. The molecule has 0 heterocycles. The van der Waals surface area contributed by atoms with E-state index in [9.17, 15) is 0 Å². The van der Waals surface area contributed by atoms with Crippen LogP contribution in [-0.4, -0.2) is 0 Å². The molecule has 84 valence electrons. The van der Waals surface area contributed by atoms with Crippen molar-refractivity contribution in [2.75, 3.05) is 0 Å². The van der Waals surface area contributed by atoms with Crippen LogP contribution in [-0.2, 0) is 0 Å². The lowest BCUT2D eigenvalue weighted by Gasteiger charge is -2.06. The largest absolute Gasteiger partial charge is 0.0984 e. The number of hydrogen-bond acceptors (Lipinski definition) is 0. The van der Waals surface area contributed by atoms with Gasteiger partial charge in [0.1, 0.15) is 0 Å².